The molecule has 2 rings (SSSR count). The Labute approximate surface area is 97.0 Å². The van der Waals surface area contributed by atoms with Gasteiger partial charge in [-0.15, -0.1) is 4.91 Å². The topological polar surface area (TPSA) is 78.8 Å². The fourth-order valence-corrected chi connectivity index (χ4v) is 1.73. The zero-order valence-electron chi connectivity index (χ0n) is 9.10. The van der Waals surface area contributed by atoms with E-state index < -0.39 is 0 Å². The molecule has 0 aromatic heterocycles. The summed E-state index contributed by atoms with van der Waals surface area (Å²) in [6, 6.07) is 8.07. The van der Waals surface area contributed by atoms with Crippen molar-refractivity contribution in [2.24, 2.45) is 5.18 Å². The zero-order valence-corrected chi connectivity index (χ0v) is 9.10. The van der Waals surface area contributed by atoms with E-state index in [0.29, 0.717) is 16.5 Å². The summed E-state index contributed by atoms with van der Waals surface area (Å²) in [5.41, 5.74) is 0.564. The van der Waals surface area contributed by atoms with Gasteiger partial charge >= 0.3 is 0 Å². The van der Waals surface area contributed by atoms with Crippen LogP contribution in [0.25, 0.3) is 10.8 Å². The molecule has 0 atom stereocenters. The normalized spacial score (nSPS) is 10.2. The van der Waals surface area contributed by atoms with Gasteiger partial charge in [-0.25, -0.2) is 0 Å². The average Bonchev–Trinajstić information content (AvgIpc) is 2.28. The molecule has 0 radical (unpaired) electrons. The summed E-state index contributed by atoms with van der Waals surface area (Å²) in [6.07, 6.45) is 0. The van der Waals surface area contributed by atoms with Gasteiger partial charge in [0.1, 0.15) is 5.75 Å². The Morgan fingerprint density at radius 3 is 2.65 bits per heavy atom. The largest absolute Gasteiger partial charge is 0.506 e. The van der Waals surface area contributed by atoms with Crippen LogP contribution in [-0.4, -0.2) is 11.0 Å². The van der Waals surface area contributed by atoms with Gasteiger partial charge in [-0.1, -0.05) is 12.1 Å². The Morgan fingerprint density at radius 2 is 2.00 bits per heavy atom. The van der Waals surface area contributed by atoms with E-state index in [1.54, 1.807) is 24.3 Å². The number of rotatable bonds is 2. The Kier molecular flexibility index (Phi) is 2.74. The molecule has 0 aliphatic heterocycles. The van der Waals surface area contributed by atoms with Crippen molar-refractivity contribution in [3.8, 4) is 5.75 Å². The number of nitrogens with one attached hydrogen (secondary N) is 1. The third-order valence-electron chi connectivity index (χ3n) is 2.41. The molecular formula is C12H10N2O3. The molecule has 0 unspecified atom stereocenters. The SMILES string of the molecule is CC(=O)Nc1cccc2c(N=O)c(O)ccc12. The second kappa shape index (κ2) is 4.21. The van der Waals surface area contributed by atoms with Gasteiger partial charge in [-0.05, 0) is 23.4 Å². The molecule has 2 N–H and O–H groups in total. The molecule has 5 heteroatoms. The lowest BCUT2D eigenvalue weighted by Crippen LogP contribution is -2.05. The van der Waals surface area contributed by atoms with Crippen molar-refractivity contribution in [2.75, 3.05) is 5.32 Å². The summed E-state index contributed by atoms with van der Waals surface area (Å²) in [5, 5.41) is 16.1. The Bertz CT molecular complexity index is 608. The van der Waals surface area contributed by atoms with Crippen molar-refractivity contribution >= 4 is 28.1 Å². The van der Waals surface area contributed by atoms with Crippen LogP contribution in [0.3, 0.4) is 0 Å². The van der Waals surface area contributed by atoms with E-state index in [9.17, 15) is 14.8 Å². The van der Waals surface area contributed by atoms with Gasteiger partial charge in [-0.2, -0.15) is 0 Å². The van der Waals surface area contributed by atoms with Gasteiger partial charge in [0, 0.05) is 23.4 Å². The molecule has 2 aromatic carbocycles. The molecule has 86 valence electrons. The van der Waals surface area contributed by atoms with Gasteiger partial charge in [0.25, 0.3) is 0 Å². The first-order valence-corrected chi connectivity index (χ1v) is 4.99. The second-order valence-corrected chi connectivity index (χ2v) is 3.61. The number of hydrogen-bond acceptors (Lipinski definition) is 4. The number of amides is 1. The quantitative estimate of drug-likeness (QED) is 0.778. The number of carbonyl (C=O) groups excluding carboxylic acids is 1. The second-order valence-electron chi connectivity index (χ2n) is 3.61. The lowest BCUT2D eigenvalue weighted by molar-refractivity contribution is -0.114. The highest BCUT2D eigenvalue weighted by molar-refractivity contribution is 6.06. The van der Waals surface area contributed by atoms with E-state index in [1.807, 2.05) is 0 Å². The highest BCUT2D eigenvalue weighted by Gasteiger charge is 2.10. The van der Waals surface area contributed by atoms with Crippen LogP contribution in [0.5, 0.6) is 5.75 Å². The molecule has 1 amide bonds. The summed E-state index contributed by atoms with van der Waals surface area (Å²) in [6.45, 7) is 1.40. The molecule has 0 saturated carbocycles. The first-order chi connectivity index (χ1) is 8.13. The van der Waals surface area contributed by atoms with Crippen molar-refractivity contribution in [2.45, 2.75) is 6.92 Å². The van der Waals surface area contributed by atoms with E-state index in [4.69, 9.17) is 0 Å². The number of hydrogen-bond donors (Lipinski definition) is 2. The number of nitroso groups, excluding NO2 is 1. The van der Waals surface area contributed by atoms with Crippen molar-refractivity contribution in [3.63, 3.8) is 0 Å². The van der Waals surface area contributed by atoms with Crippen LogP contribution >= 0.6 is 0 Å². The van der Waals surface area contributed by atoms with Crippen LogP contribution < -0.4 is 5.32 Å². The van der Waals surface area contributed by atoms with Crippen LogP contribution in [0.4, 0.5) is 11.4 Å². The molecule has 0 bridgehead atoms. The number of nitrogens with zero attached hydrogens (tertiary/aromatic N) is 1. The highest BCUT2D eigenvalue weighted by Crippen LogP contribution is 2.37. The van der Waals surface area contributed by atoms with Crippen LogP contribution in [0, 0.1) is 4.91 Å². The smallest absolute Gasteiger partial charge is 0.221 e. The molecule has 0 fully saturated rings. The Balaban J connectivity index is 2.74. The molecule has 0 saturated heterocycles. The summed E-state index contributed by atoms with van der Waals surface area (Å²) >= 11 is 0. The standard InChI is InChI=1S/C12H10N2O3/c1-7(15)13-10-4-2-3-9-8(10)5-6-11(16)12(9)14-17/h2-6,16H,1H3,(H,13,15). The number of aromatic hydroxyl groups is 1. The lowest BCUT2D eigenvalue weighted by Gasteiger charge is -2.08. The zero-order chi connectivity index (χ0) is 12.4. The van der Waals surface area contributed by atoms with Crippen molar-refractivity contribution in [1.29, 1.82) is 0 Å². The predicted octanol–water partition coefficient (Wildman–Crippen LogP) is 2.90. The first kappa shape index (κ1) is 11.1. The Hall–Kier alpha value is -2.43. The van der Waals surface area contributed by atoms with E-state index >= 15 is 0 Å². The highest BCUT2D eigenvalue weighted by atomic mass is 16.3. The minimum absolute atomic E-state index is 0.0188. The van der Waals surface area contributed by atoms with Crippen LogP contribution in [0.15, 0.2) is 35.5 Å². The summed E-state index contributed by atoms with van der Waals surface area (Å²) < 4.78 is 0. The third kappa shape index (κ3) is 1.94. The van der Waals surface area contributed by atoms with Crippen LogP contribution in [0.2, 0.25) is 0 Å². The van der Waals surface area contributed by atoms with Crippen LogP contribution in [0.1, 0.15) is 6.92 Å². The first-order valence-electron chi connectivity index (χ1n) is 4.99. The lowest BCUT2D eigenvalue weighted by atomic mass is 10.1. The number of benzene rings is 2. The minimum Gasteiger partial charge on any atom is -0.506 e. The van der Waals surface area contributed by atoms with Gasteiger partial charge in [0.15, 0.2) is 5.69 Å². The number of phenolic OH excluding ortho intramolecular Hbond substituents is 1. The molecule has 17 heavy (non-hydrogen) atoms. The summed E-state index contributed by atoms with van der Waals surface area (Å²) in [7, 11) is 0. The summed E-state index contributed by atoms with van der Waals surface area (Å²) in [5.74, 6) is -0.376. The molecule has 0 aliphatic carbocycles. The number of carbonyl (C=O) groups is 1. The molecule has 0 spiro atoms. The van der Waals surface area contributed by atoms with E-state index in [-0.39, 0.29) is 17.3 Å². The maximum atomic E-state index is 11.0. The van der Waals surface area contributed by atoms with Gasteiger partial charge in [0.2, 0.25) is 5.91 Å². The van der Waals surface area contributed by atoms with Gasteiger partial charge in [-0.3, -0.25) is 4.79 Å². The minimum atomic E-state index is -0.203. The van der Waals surface area contributed by atoms with Gasteiger partial charge in [0.05, 0.1) is 0 Å². The molecular weight excluding hydrogens is 220 g/mol. The molecule has 2 aromatic rings. The van der Waals surface area contributed by atoms with Crippen molar-refractivity contribution < 1.29 is 9.90 Å². The summed E-state index contributed by atoms with van der Waals surface area (Å²) in [4.78, 5) is 21.7. The van der Waals surface area contributed by atoms with Crippen molar-refractivity contribution in [1.82, 2.24) is 0 Å². The monoisotopic (exact) mass is 230 g/mol. The number of fused-ring (bicyclic) bond motifs is 1. The van der Waals surface area contributed by atoms with E-state index in [2.05, 4.69) is 10.5 Å². The van der Waals surface area contributed by atoms with Crippen molar-refractivity contribution in [3.05, 3.63) is 35.2 Å². The van der Waals surface area contributed by atoms with E-state index in [0.717, 1.165) is 0 Å². The maximum absolute atomic E-state index is 11.0. The van der Waals surface area contributed by atoms with Gasteiger partial charge < -0.3 is 10.4 Å². The molecule has 5 nitrogen and oxygen atoms in total. The fourth-order valence-electron chi connectivity index (χ4n) is 1.73. The fraction of sp³-hybridized carbons (Fsp3) is 0.0833. The van der Waals surface area contributed by atoms with E-state index in [1.165, 1.54) is 13.0 Å². The average molecular weight is 230 g/mol. The predicted molar refractivity (Wildman–Crippen MR) is 65.4 cm³/mol. The Morgan fingerprint density at radius 1 is 1.24 bits per heavy atom. The third-order valence-corrected chi connectivity index (χ3v) is 2.41. The number of phenols is 1. The maximum Gasteiger partial charge on any atom is 0.221 e. The number of anilines is 1. The van der Waals surface area contributed by atoms with Crippen LogP contribution in [-0.2, 0) is 4.79 Å². The molecule has 0 aliphatic rings. The molecule has 0 heterocycles.